The van der Waals surface area contributed by atoms with Crippen molar-refractivity contribution < 1.29 is 9.53 Å². The SMILES string of the molecule is COc1cccc(Cl)c1C(=O)N1CCCC(N)C1. The Morgan fingerprint density at radius 2 is 2.33 bits per heavy atom. The number of ether oxygens (including phenoxy) is 1. The number of piperidine rings is 1. The number of amides is 1. The van der Waals surface area contributed by atoms with Crippen LogP contribution in [0.25, 0.3) is 0 Å². The Bertz CT molecular complexity index is 451. The van der Waals surface area contributed by atoms with E-state index in [4.69, 9.17) is 22.1 Å². The van der Waals surface area contributed by atoms with Crippen LogP contribution in [0.15, 0.2) is 18.2 Å². The second-order valence-corrected chi connectivity index (χ2v) is 4.88. The molecule has 0 aliphatic carbocycles. The molecule has 5 heteroatoms. The van der Waals surface area contributed by atoms with Crippen LogP contribution in [-0.2, 0) is 0 Å². The van der Waals surface area contributed by atoms with Gasteiger partial charge in [0.25, 0.3) is 5.91 Å². The lowest BCUT2D eigenvalue weighted by molar-refractivity contribution is 0.0705. The van der Waals surface area contributed by atoms with E-state index in [0.717, 1.165) is 19.4 Å². The number of nitrogens with two attached hydrogens (primary N) is 1. The number of methoxy groups -OCH3 is 1. The van der Waals surface area contributed by atoms with Gasteiger partial charge in [-0.25, -0.2) is 0 Å². The van der Waals surface area contributed by atoms with Gasteiger partial charge >= 0.3 is 0 Å². The van der Waals surface area contributed by atoms with E-state index < -0.39 is 0 Å². The Balaban J connectivity index is 2.28. The van der Waals surface area contributed by atoms with Crippen LogP contribution < -0.4 is 10.5 Å². The van der Waals surface area contributed by atoms with E-state index in [1.54, 1.807) is 23.1 Å². The predicted octanol–water partition coefficient (Wildman–Crippen LogP) is 1.91. The monoisotopic (exact) mass is 268 g/mol. The molecule has 1 aromatic rings. The second-order valence-electron chi connectivity index (χ2n) is 4.47. The zero-order valence-electron chi connectivity index (χ0n) is 10.4. The van der Waals surface area contributed by atoms with Crippen molar-refractivity contribution in [3.8, 4) is 5.75 Å². The molecule has 1 amide bonds. The summed E-state index contributed by atoms with van der Waals surface area (Å²) < 4.78 is 5.20. The first kappa shape index (κ1) is 13.2. The lowest BCUT2D eigenvalue weighted by atomic mass is 10.0. The van der Waals surface area contributed by atoms with Crippen LogP contribution in [0.4, 0.5) is 0 Å². The maximum absolute atomic E-state index is 12.5. The first-order chi connectivity index (χ1) is 8.63. The summed E-state index contributed by atoms with van der Waals surface area (Å²) in [6, 6.07) is 5.25. The maximum Gasteiger partial charge on any atom is 0.259 e. The molecule has 0 aromatic heterocycles. The third-order valence-electron chi connectivity index (χ3n) is 3.15. The largest absolute Gasteiger partial charge is 0.496 e. The molecule has 18 heavy (non-hydrogen) atoms. The van der Waals surface area contributed by atoms with E-state index in [2.05, 4.69) is 0 Å². The number of likely N-dealkylation sites (tertiary alicyclic amines) is 1. The van der Waals surface area contributed by atoms with Gasteiger partial charge in [0.2, 0.25) is 0 Å². The highest BCUT2D eigenvalue weighted by atomic mass is 35.5. The van der Waals surface area contributed by atoms with E-state index in [9.17, 15) is 4.79 Å². The van der Waals surface area contributed by atoms with Gasteiger partial charge in [0.15, 0.2) is 0 Å². The summed E-state index contributed by atoms with van der Waals surface area (Å²) in [6.45, 7) is 1.30. The van der Waals surface area contributed by atoms with Crippen molar-refractivity contribution >= 4 is 17.5 Å². The molecule has 98 valence electrons. The molecule has 1 aliphatic heterocycles. The topological polar surface area (TPSA) is 55.6 Å². The molecule has 2 N–H and O–H groups in total. The fourth-order valence-corrected chi connectivity index (χ4v) is 2.48. The molecule has 1 aliphatic rings. The lowest BCUT2D eigenvalue weighted by Gasteiger charge is -2.31. The van der Waals surface area contributed by atoms with Crippen LogP contribution >= 0.6 is 11.6 Å². The van der Waals surface area contributed by atoms with Crippen LogP contribution in [-0.4, -0.2) is 37.0 Å². The molecule has 1 aromatic carbocycles. The number of benzene rings is 1. The van der Waals surface area contributed by atoms with Crippen molar-refractivity contribution in [2.24, 2.45) is 5.73 Å². The Hall–Kier alpha value is -1.26. The molecule has 2 rings (SSSR count). The molecule has 1 atom stereocenters. The Labute approximate surface area is 112 Å². The fraction of sp³-hybridized carbons (Fsp3) is 0.462. The summed E-state index contributed by atoms with van der Waals surface area (Å²) >= 11 is 6.10. The maximum atomic E-state index is 12.5. The molecule has 1 saturated heterocycles. The van der Waals surface area contributed by atoms with E-state index in [0.29, 0.717) is 22.9 Å². The summed E-state index contributed by atoms with van der Waals surface area (Å²) in [5, 5.41) is 0.415. The highest BCUT2D eigenvalue weighted by molar-refractivity contribution is 6.34. The normalized spacial score (nSPS) is 19.7. The summed E-state index contributed by atoms with van der Waals surface area (Å²) in [5.74, 6) is 0.402. The van der Waals surface area contributed by atoms with Crippen molar-refractivity contribution in [3.63, 3.8) is 0 Å². The fourth-order valence-electron chi connectivity index (χ4n) is 2.23. The van der Waals surface area contributed by atoms with Crippen LogP contribution in [0.3, 0.4) is 0 Å². The molecule has 4 nitrogen and oxygen atoms in total. The van der Waals surface area contributed by atoms with E-state index in [1.807, 2.05) is 0 Å². The number of hydrogen-bond acceptors (Lipinski definition) is 3. The van der Waals surface area contributed by atoms with Crippen molar-refractivity contribution in [1.29, 1.82) is 0 Å². The molecule has 1 fully saturated rings. The highest BCUT2D eigenvalue weighted by Gasteiger charge is 2.26. The van der Waals surface area contributed by atoms with Gasteiger partial charge in [0.05, 0.1) is 12.1 Å². The Kier molecular flexibility index (Phi) is 4.09. The molecule has 0 spiro atoms. The number of nitrogens with zero attached hydrogens (tertiary/aromatic N) is 1. The molecule has 0 saturated carbocycles. The Morgan fingerprint density at radius 1 is 1.56 bits per heavy atom. The third kappa shape index (κ3) is 2.60. The van der Waals surface area contributed by atoms with Gasteiger partial charge in [-0.05, 0) is 25.0 Å². The zero-order valence-corrected chi connectivity index (χ0v) is 11.1. The highest BCUT2D eigenvalue weighted by Crippen LogP contribution is 2.28. The summed E-state index contributed by atoms with van der Waals surface area (Å²) in [5.41, 5.74) is 6.32. The van der Waals surface area contributed by atoms with Crippen molar-refractivity contribution in [1.82, 2.24) is 4.90 Å². The van der Waals surface area contributed by atoms with Gasteiger partial charge < -0.3 is 15.4 Å². The number of hydrogen-bond donors (Lipinski definition) is 1. The number of carbonyl (C=O) groups is 1. The van der Waals surface area contributed by atoms with E-state index >= 15 is 0 Å². The van der Waals surface area contributed by atoms with Crippen LogP contribution in [0, 0.1) is 0 Å². The smallest absolute Gasteiger partial charge is 0.259 e. The number of halogens is 1. The molecular formula is C13H17ClN2O2. The van der Waals surface area contributed by atoms with Crippen molar-refractivity contribution in [2.75, 3.05) is 20.2 Å². The molecule has 1 heterocycles. The minimum absolute atomic E-state index is 0.0520. The first-order valence-electron chi connectivity index (χ1n) is 6.01. The summed E-state index contributed by atoms with van der Waals surface area (Å²) in [7, 11) is 1.53. The van der Waals surface area contributed by atoms with Crippen molar-refractivity contribution in [2.45, 2.75) is 18.9 Å². The molecular weight excluding hydrogens is 252 g/mol. The van der Waals surface area contributed by atoms with Crippen molar-refractivity contribution in [3.05, 3.63) is 28.8 Å². The summed E-state index contributed by atoms with van der Waals surface area (Å²) in [4.78, 5) is 14.2. The standard InChI is InChI=1S/C13H17ClN2O2/c1-18-11-6-2-5-10(14)12(11)13(17)16-7-3-4-9(15)8-16/h2,5-6,9H,3-4,7-8,15H2,1H3. The number of carbonyl (C=O) groups excluding carboxylic acids is 1. The minimum Gasteiger partial charge on any atom is -0.496 e. The average molecular weight is 269 g/mol. The first-order valence-corrected chi connectivity index (χ1v) is 6.38. The predicted molar refractivity (Wildman–Crippen MR) is 71.1 cm³/mol. The van der Waals surface area contributed by atoms with E-state index in [-0.39, 0.29) is 11.9 Å². The molecule has 1 unspecified atom stereocenters. The average Bonchev–Trinajstić information content (AvgIpc) is 2.37. The van der Waals surface area contributed by atoms with Gasteiger partial charge in [0.1, 0.15) is 11.3 Å². The van der Waals surface area contributed by atoms with Crippen LogP contribution in [0.5, 0.6) is 5.75 Å². The Morgan fingerprint density at radius 3 is 3.00 bits per heavy atom. The second kappa shape index (κ2) is 5.59. The summed E-state index contributed by atoms with van der Waals surface area (Å²) in [6.07, 6.45) is 1.89. The quantitative estimate of drug-likeness (QED) is 0.891. The third-order valence-corrected chi connectivity index (χ3v) is 3.47. The van der Waals surface area contributed by atoms with Crippen LogP contribution in [0.2, 0.25) is 5.02 Å². The van der Waals surface area contributed by atoms with Crippen LogP contribution in [0.1, 0.15) is 23.2 Å². The zero-order chi connectivity index (χ0) is 13.1. The minimum atomic E-state index is -0.104. The molecule has 0 bridgehead atoms. The van der Waals surface area contributed by atoms with Gasteiger partial charge in [-0.15, -0.1) is 0 Å². The van der Waals surface area contributed by atoms with E-state index in [1.165, 1.54) is 7.11 Å². The van der Waals surface area contributed by atoms with Gasteiger partial charge in [-0.2, -0.15) is 0 Å². The molecule has 0 radical (unpaired) electrons. The van der Waals surface area contributed by atoms with Gasteiger partial charge in [0, 0.05) is 19.1 Å². The number of rotatable bonds is 2. The van der Waals surface area contributed by atoms with Gasteiger partial charge in [-0.1, -0.05) is 17.7 Å². The lowest BCUT2D eigenvalue weighted by Crippen LogP contribution is -2.45. The van der Waals surface area contributed by atoms with Gasteiger partial charge in [-0.3, -0.25) is 4.79 Å².